The molecule has 196 valence electrons. The van der Waals surface area contributed by atoms with E-state index in [2.05, 4.69) is 20.0 Å². The first-order valence-electron chi connectivity index (χ1n) is 11.7. The smallest absolute Gasteiger partial charge is 0.439 e. The van der Waals surface area contributed by atoms with Gasteiger partial charge in [-0.3, -0.25) is 28.7 Å². The third-order valence-corrected chi connectivity index (χ3v) is 6.20. The standard InChI is InChI=1S/C25H23N5O8/c1-13(31)37-19(22(32)26-16-6-3-14(4-7-16)21-27-25(35)38-28-21)20-24(34)30(9-10-36-20)17-8-5-15-12-29(2)23(33)18(15)11-17/h3-8,11,19-20H,9-10,12H2,1-2H3,(H,26,32)(H,27,28,35)/t19-,20-/m1/s1. The van der Waals surface area contributed by atoms with Gasteiger partial charge in [0.2, 0.25) is 6.10 Å². The molecule has 1 aromatic heterocycles. The Morgan fingerprint density at radius 1 is 1.16 bits per heavy atom. The van der Waals surface area contributed by atoms with Crippen LogP contribution in [0.2, 0.25) is 0 Å². The van der Waals surface area contributed by atoms with E-state index in [-0.39, 0.29) is 24.9 Å². The normalized spacial score (nSPS) is 17.8. The molecule has 38 heavy (non-hydrogen) atoms. The van der Waals surface area contributed by atoms with Crippen molar-refractivity contribution in [2.45, 2.75) is 25.7 Å². The van der Waals surface area contributed by atoms with E-state index in [1.165, 1.54) is 4.90 Å². The van der Waals surface area contributed by atoms with E-state index in [0.717, 1.165) is 12.5 Å². The van der Waals surface area contributed by atoms with Crippen LogP contribution < -0.4 is 16.0 Å². The molecule has 0 saturated carbocycles. The van der Waals surface area contributed by atoms with Crippen LogP contribution in [-0.4, -0.2) is 71.1 Å². The van der Waals surface area contributed by atoms with Gasteiger partial charge in [-0.1, -0.05) is 11.2 Å². The summed E-state index contributed by atoms with van der Waals surface area (Å²) in [5.41, 5.74) is 2.72. The Morgan fingerprint density at radius 2 is 1.92 bits per heavy atom. The van der Waals surface area contributed by atoms with Crippen molar-refractivity contribution in [3.05, 3.63) is 64.1 Å². The predicted octanol–water partition coefficient (Wildman–Crippen LogP) is 0.918. The highest BCUT2D eigenvalue weighted by Gasteiger charge is 2.43. The van der Waals surface area contributed by atoms with Gasteiger partial charge in [0.15, 0.2) is 11.9 Å². The average Bonchev–Trinajstić information content (AvgIpc) is 3.45. The minimum absolute atomic E-state index is 0.0803. The van der Waals surface area contributed by atoms with Gasteiger partial charge in [0.05, 0.1) is 6.61 Å². The minimum Gasteiger partial charge on any atom is -0.449 e. The number of esters is 1. The molecule has 0 radical (unpaired) electrons. The number of nitrogens with one attached hydrogen (secondary N) is 2. The van der Waals surface area contributed by atoms with Gasteiger partial charge in [0.25, 0.3) is 17.7 Å². The molecule has 5 rings (SSSR count). The van der Waals surface area contributed by atoms with Crippen LogP contribution in [0.3, 0.4) is 0 Å². The number of aromatic nitrogens is 2. The number of fused-ring (bicyclic) bond motifs is 1. The third kappa shape index (κ3) is 4.78. The monoisotopic (exact) mass is 521 g/mol. The number of H-pyrrole nitrogens is 1. The summed E-state index contributed by atoms with van der Waals surface area (Å²) >= 11 is 0. The number of carbonyl (C=O) groups excluding carboxylic acids is 4. The second kappa shape index (κ2) is 9.94. The zero-order chi connectivity index (χ0) is 27.0. The molecule has 0 spiro atoms. The number of hydrogen-bond donors (Lipinski definition) is 2. The lowest BCUT2D eigenvalue weighted by molar-refractivity contribution is -0.167. The van der Waals surface area contributed by atoms with Crippen LogP contribution in [-0.2, 0) is 30.4 Å². The fourth-order valence-electron chi connectivity index (χ4n) is 4.39. The van der Waals surface area contributed by atoms with Crippen LogP contribution in [0.5, 0.6) is 0 Å². The van der Waals surface area contributed by atoms with Crippen molar-refractivity contribution < 1.29 is 33.2 Å². The Labute approximate surface area is 215 Å². The SMILES string of the molecule is CC(=O)O[C@@H](C(=O)Nc1ccc(-c2noc(=O)[nH]2)cc1)[C@H]1OCCN(c2ccc3c(c2)C(=O)N(C)C3)C1=O. The molecule has 2 atom stereocenters. The molecule has 1 fully saturated rings. The maximum Gasteiger partial charge on any atom is 0.439 e. The number of amides is 3. The summed E-state index contributed by atoms with van der Waals surface area (Å²) in [6, 6.07) is 11.4. The molecule has 3 aromatic rings. The molecular weight excluding hydrogens is 498 g/mol. The van der Waals surface area contributed by atoms with E-state index in [1.807, 2.05) is 0 Å². The van der Waals surface area contributed by atoms with Crippen molar-refractivity contribution in [2.24, 2.45) is 0 Å². The van der Waals surface area contributed by atoms with Crippen molar-refractivity contribution in [3.8, 4) is 11.4 Å². The first-order chi connectivity index (χ1) is 18.2. The second-order valence-electron chi connectivity index (χ2n) is 8.82. The highest BCUT2D eigenvalue weighted by molar-refractivity contribution is 6.06. The summed E-state index contributed by atoms with van der Waals surface area (Å²) < 4.78 is 15.3. The molecule has 13 nitrogen and oxygen atoms in total. The molecule has 0 bridgehead atoms. The number of aromatic amines is 1. The molecule has 2 aliphatic rings. The van der Waals surface area contributed by atoms with Crippen LogP contribution in [0, 0.1) is 0 Å². The molecule has 3 heterocycles. The Balaban J connectivity index is 1.35. The van der Waals surface area contributed by atoms with E-state index in [0.29, 0.717) is 29.0 Å². The lowest BCUT2D eigenvalue weighted by atomic mass is 10.1. The number of ether oxygens (including phenoxy) is 2. The Kier molecular flexibility index (Phi) is 6.51. The largest absolute Gasteiger partial charge is 0.449 e. The van der Waals surface area contributed by atoms with E-state index >= 15 is 0 Å². The van der Waals surface area contributed by atoms with Gasteiger partial charge in [-0.25, -0.2) is 4.79 Å². The number of carbonyl (C=O) groups is 4. The molecule has 2 N–H and O–H groups in total. The highest BCUT2D eigenvalue weighted by Crippen LogP contribution is 2.29. The average molecular weight is 521 g/mol. The number of anilines is 2. The summed E-state index contributed by atoms with van der Waals surface area (Å²) in [5.74, 6) is -2.75. The van der Waals surface area contributed by atoms with Crippen LogP contribution >= 0.6 is 0 Å². The number of rotatable bonds is 6. The van der Waals surface area contributed by atoms with Gasteiger partial charge in [-0.15, -0.1) is 0 Å². The van der Waals surface area contributed by atoms with Crippen molar-refractivity contribution in [3.63, 3.8) is 0 Å². The Bertz CT molecular complexity index is 1480. The molecule has 2 aliphatic heterocycles. The lowest BCUT2D eigenvalue weighted by Crippen LogP contribution is -2.56. The number of nitrogens with zero attached hydrogens (tertiary/aromatic N) is 3. The molecule has 13 heteroatoms. The topological polar surface area (TPSA) is 164 Å². The second-order valence-corrected chi connectivity index (χ2v) is 8.82. The van der Waals surface area contributed by atoms with Gasteiger partial charge >= 0.3 is 11.7 Å². The molecular formula is C25H23N5O8. The number of morpholine rings is 1. The van der Waals surface area contributed by atoms with E-state index in [1.54, 1.807) is 54.4 Å². The summed E-state index contributed by atoms with van der Waals surface area (Å²) in [6.45, 7) is 1.89. The first-order valence-corrected chi connectivity index (χ1v) is 11.7. The number of benzene rings is 2. The van der Waals surface area contributed by atoms with Crippen molar-refractivity contribution in [2.75, 3.05) is 30.4 Å². The van der Waals surface area contributed by atoms with Crippen LogP contribution in [0.15, 0.2) is 51.8 Å². The van der Waals surface area contributed by atoms with Gasteiger partial charge in [-0.2, -0.15) is 0 Å². The third-order valence-electron chi connectivity index (χ3n) is 6.20. The van der Waals surface area contributed by atoms with E-state index < -0.39 is 35.7 Å². The van der Waals surface area contributed by atoms with Crippen molar-refractivity contribution >= 4 is 35.1 Å². The van der Waals surface area contributed by atoms with Crippen LogP contribution in [0.4, 0.5) is 11.4 Å². The molecule has 0 aliphatic carbocycles. The highest BCUT2D eigenvalue weighted by atomic mass is 16.6. The Hall–Kier alpha value is -4.78. The summed E-state index contributed by atoms with van der Waals surface area (Å²) in [4.78, 5) is 67.5. The maximum atomic E-state index is 13.4. The Morgan fingerprint density at radius 3 is 2.61 bits per heavy atom. The fourth-order valence-corrected chi connectivity index (χ4v) is 4.39. The van der Waals surface area contributed by atoms with Gasteiger partial charge in [-0.05, 0) is 42.0 Å². The van der Waals surface area contributed by atoms with Crippen LogP contribution in [0.1, 0.15) is 22.8 Å². The number of hydrogen-bond acceptors (Lipinski definition) is 9. The first kappa shape index (κ1) is 24.9. The fraction of sp³-hybridized carbons (Fsp3) is 0.280. The van der Waals surface area contributed by atoms with E-state index in [4.69, 9.17) is 9.47 Å². The predicted molar refractivity (Wildman–Crippen MR) is 131 cm³/mol. The van der Waals surface area contributed by atoms with Gasteiger partial charge in [0, 0.05) is 49.6 Å². The van der Waals surface area contributed by atoms with Crippen LogP contribution in [0.25, 0.3) is 11.4 Å². The maximum absolute atomic E-state index is 13.4. The molecule has 1 saturated heterocycles. The van der Waals surface area contributed by atoms with Crippen molar-refractivity contribution in [1.82, 2.24) is 15.0 Å². The molecule has 0 unspecified atom stereocenters. The quantitative estimate of drug-likeness (QED) is 0.449. The zero-order valence-corrected chi connectivity index (χ0v) is 20.4. The van der Waals surface area contributed by atoms with Gasteiger partial charge < -0.3 is 24.6 Å². The van der Waals surface area contributed by atoms with E-state index in [9.17, 15) is 24.0 Å². The summed E-state index contributed by atoms with van der Waals surface area (Å²) in [5, 5.41) is 6.21. The minimum atomic E-state index is -1.57. The van der Waals surface area contributed by atoms with Crippen molar-refractivity contribution in [1.29, 1.82) is 0 Å². The summed E-state index contributed by atoms with van der Waals surface area (Å²) in [6.07, 6.45) is -2.98. The molecule has 2 aromatic carbocycles. The zero-order valence-electron chi connectivity index (χ0n) is 20.4. The summed E-state index contributed by atoms with van der Waals surface area (Å²) in [7, 11) is 1.70. The molecule has 3 amide bonds. The van der Waals surface area contributed by atoms with Gasteiger partial charge in [0.1, 0.15) is 0 Å². The lowest BCUT2D eigenvalue weighted by Gasteiger charge is -2.35.